The number of carbonyl (C=O) groups excluding carboxylic acids is 1. The number of benzene rings is 2. The van der Waals surface area contributed by atoms with E-state index in [9.17, 15) is 9.18 Å². The summed E-state index contributed by atoms with van der Waals surface area (Å²) in [6.45, 7) is 8.50. The molecular weight excluding hydrogens is 289 g/mol. The molecule has 2 nitrogen and oxygen atoms in total. The van der Waals surface area contributed by atoms with E-state index in [0.29, 0.717) is 0 Å². The Kier molecular flexibility index (Phi) is 5.19. The van der Waals surface area contributed by atoms with E-state index in [1.165, 1.54) is 17.7 Å². The third-order valence-corrected chi connectivity index (χ3v) is 3.93. The molecule has 0 aromatic heterocycles. The Balaban J connectivity index is 1.96. The van der Waals surface area contributed by atoms with Gasteiger partial charge in [0.15, 0.2) is 0 Å². The van der Waals surface area contributed by atoms with Gasteiger partial charge in [0.25, 0.3) is 0 Å². The summed E-state index contributed by atoms with van der Waals surface area (Å²) < 4.78 is 12.9. The summed E-state index contributed by atoms with van der Waals surface area (Å²) in [7, 11) is 0. The van der Waals surface area contributed by atoms with Crippen LogP contribution in [0.25, 0.3) is 0 Å². The largest absolute Gasteiger partial charge is 0.349 e. The number of carbonyl (C=O) groups is 1. The van der Waals surface area contributed by atoms with Gasteiger partial charge in [-0.15, -0.1) is 0 Å². The topological polar surface area (TPSA) is 29.1 Å². The second-order valence-electron chi connectivity index (χ2n) is 6.96. The van der Waals surface area contributed by atoms with Crippen LogP contribution in [-0.2, 0) is 16.6 Å². The Bertz CT molecular complexity index is 654. The second-order valence-corrected chi connectivity index (χ2v) is 6.96. The molecule has 0 bridgehead atoms. The number of amides is 1. The number of hydrogen-bond donors (Lipinski definition) is 1. The van der Waals surface area contributed by atoms with Gasteiger partial charge in [-0.2, -0.15) is 0 Å². The van der Waals surface area contributed by atoms with E-state index in [1.54, 1.807) is 12.1 Å². The fourth-order valence-electron chi connectivity index (χ4n) is 2.44. The van der Waals surface area contributed by atoms with Crippen LogP contribution >= 0.6 is 0 Å². The van der Waals surface area contributed by atoms with E-state index in [2.05, 4.69) is 50.4 Å². The van der Waals surface area contributed by atoms with Crippen molar-refractivity contribution in [2.24, 2.45) is 0 Å². The van der Waals surface area contributed by atoms with Gasteiger partial charge >= 0.3 is 0 Å². The smallest absolute Gasteiger partial charge is 0.224 e. The maximum Gasteiger partial charge on any atom is 0.224 e. The van der Waals surface area contributed by atoms with Crippen molar-refractivity contribution in [3.05, 3.63) is 71.0 Å². The Morgan fingerprint density at radius 2 is 1.61 bits per heavy atom. The van der Waals surface area contributed by atoms with Gasteiger partial charge in [-0.05, 0) is 41.2 Å². The quantitative estimate of drug-likeness (QED) is 0.882. The van der Waals surface area contributed by atoms with Crippen LogP contribution in [0.5, 0.6) is 0 Å². The van der Waals surface area contributed by atoms with Crippen LogP contribution in [0, 0.1) is 5.82 Å². The standard InChI is InChI=1S/C20H24FNO/c1-14(16-7-9-17(10-8-16)20(2,3)4)22-19(23)13-15-5-11-18(21)12-6-15/h5-12,14H,13H2,1-4H3,(H,22,23). The van der Waals surface area contributed by atoms with Crippen LogP contribution in [0.2, 0.25) is 0 Å². The van der Waals surface area contributed by atoms with Crippen molar-refractivity contribution in [2.45, 2.75) is 45.6 Å². The van der Waals surface area contributed by atoms with Crippen molar-refractivity contribution in [2.75, 3.05) is 0 Å². The van der Waals surface area contributed by atoms with Crippen LogP contribution in [-0.4, -0.2) is 5.91 Å². The molecule has 2 aromatic rings. The van der Waals surface area contributed by atoms with E-state index in [0.717, 1.165) is 11.1 Å². The molecule has 1 atom stereocenters. The van der Waals surface area contributed by atoms with Crippen LogP contribution in [0.4, 0.5) is 4.39 Å². The minimum atomic E-state index is -0.290. The van der Waals surface area contributed by atoms with Gasteiger partial charge < -0.3 is 5.32 Å². The summed E-state index contributed by atoms with van der Waals surface area (Å²) in [5.41, 5.74) is 3.27. The predicted molar refractivity (Wildman–Crippen MR) is 91.8 cm³/mol. The highest BCUT2D eigenvalue weighted by Gasteiger charge is 2.15. The molecule has 0 aliphatic heterocycles. The lowest BCUT2D eigenvalue weighted by molar-refractivity contribution is -0.121. The van der Waals surface area contributed by atoms with Gasteiger partial charge in [0.1, 0.15) is 5.82 Å². The van der Waals surface area contributed by atoms with E-state index in [4.69, 9.17) is 0 Å². The Hall–Kier alpha value is -2.16. The van der Waals surface area contributed by atoms with Crippen molar-refractivity contribution in [3.8, 4) is 0 Å². The third-order valence-electron chi connectivity index (χ3n) is 3.93. The number of rotatable bonds is 4. The molecule has 0 radical (unpaired) electrons. The molecule has 1 amide bonds. The molecule has 0 fully saturated rings. The van der Waals surface area contributed by atoms with Crippen molar-refractivity contribution >= 4 is 5.91 Å². The molecule has 0 spiro atoms. The Morgan fingerprint density at radius 1 is 1.04 bits per heavy atom. The lowest BCUT2D eigenvalue weighted by atomic mass is 9.86. The van der Waals surface area contributed by atoms with Crippen molar-refractivity contribution < 1.29 is 9.18 Å². The normalized spacial score (nSPS) is 12.7. The maximum absolute atomic E-state index is 12.9. The van der Waals surface area contributed by atoms with Gasteiger partial charge in [-0.25, -0.2) is 4.39 Å². The zero-order valence-electron chi connectivity index (χ0n) is 14.2. The molecule has 122 valence electrons. The second kappa shape index (κ2) is 6.95. The number of halogens is 1. The number of nitrogens with one attached hydrogen (secondary N) is 1. The fraction of sp³-hybridized carbons (Fsp3) is 0.350. The van der Waals surface area contributed by atoms with Gasteiger partial charge in [-0.3, -0.25) is 4.79 Å². The lowest BCUT2D eigenvalue weighted by Crippen LogP contribution is -2.28. The first-order chi connectivity index (χ1) is 10.8. The predicted octanol–water partition coefficient (Wildman–Crippen LogP) is 4.54. The summed E-state index contributed by atoms with van der Waals surface area (Å²) in [5, 5.41) is 2.98. The molecular formula is C20H24FNO. The van der Waals surface area contributed by atoms with Gasteiger partial charge in [0.2, 0.25) is 5.91 Å². The van der Waals surface area contributed by atoms with E-state index in [1.807, 2.05) is 6.92 Å². The number of hydrogen-bond acceptors (Lipinski definition) is 1. The highest BCUT2D eigenvalue weighted by atomic mass is 19.1. The van der Waals surface area contributed by atoms with Crippen LogP contribution in [0.1, 0.15) is 50.4 Å². The van der Waals surface area contributed by atoms with Crippen LogP contribution < -0.4 is 5.32 Å². The molecule has 1 unspecified atom stereocenters. The molecule has 0 aliphatic rings. The summed E-state index contributed by atoms with van der Waals surface area (Å²) in [6.07, 6.45) is 0.255. The van der Waals surface area contributed by atoms with E-state index in [-0.39, 0.29) is 29.6 Å². The van der Waals surface area contributed by atoms with Crippen molar-refractivity contribution in [1.29, 1.82) is 0 Å². The first kappa shape index (κ1) is 17.2. The molecule has 0 aliphatic carbocycles. The van der Waals surface area contributed by atoms with Gasteiger partial charge in [0, 0.05) is 0 Å². The Labute approximate surface area is 137 Å². The van der Waals surface area contributed by atoms with Gasteiger partial charge in [-0.1, -0.05) is 57.2 Å². The van der Waals surface area contributed by atoms with Crippen LogP contribution in [0.15, 0.2) is 48.5 Å². The van der Waals surface area contributed by atoms with Gasteiger partial charge in [0.05, 0.1) is 12.5 Å². The summed E-state index contributed by atoms with van der Waals surface area (Å²) >= 11 is 0. The minimum Gasteiger partial charge on any atom is -0.349 e. The third kappa shape index (κ3) is 4.92. The van der Waals surface area contributed by atoms with E-state index >= 15 is 0 Å². The molecule has 0 heterocycles. The molecule has 2 aromatic carbocycles. The maximum atomic E-state index is 12.9. The monoisotopic (exact) mass is 313 g/mol. The molecule has 3 heteroatoms. The fourth-order valence-corrected chi connectivity index (χ4v) is 2.44. The molecule has 0 saturated heterocycles. The van der Waals surface area contributed by atoms with Crippen molar-refractivity contribution in [1.82, 2.24) is 5.32 Å². The first-order valence-electron chi connectivity index (χ1n) is 7.90. The molecule has 0 saturated carbocycles. The summed E-state index contributed by atoms with van der Waals surface area (Å²) in [6, 6.07) is 14.3. The average molecular weight is 313 g/mol. The molecule has 23 heavy (non-hydrogen) atoms. The molecule has 2 rings (SSSR count). The van der Waals surface area contributed by atoms with Crippen molar-refractivity contribution in [3.63, 3.8) is 0 Å². The highest BCUT2D eigenvalue weighted by molar-refractivity contribution is 5.79. The zero-order chi connectivity index (χ0) is 17.0. The SMILES string of the molecule is CC(NC(=O)Cc1ccc(F)cc1)c1ccc(C(C)(C)C)cc1. The summed E-state index contributed by atoms with van der Waals surface area (Å²) in [4.78, 5) is 12.1. The van der Waals surface area contributed by atoms with Crippen LogP contribution in [0.3, 0.4) is 0 Å². The summed E-state index contributed by atoms with van der Waals surface area (Å²) in [5.74, 6) is -0.356. The Morgan fingerprint density at radius 3 is 2.13 bits per heavy atom. The molecule has 1 N–H and O–H groups in total. The zero-order valence-corrected chi connectivity index (χ0v) is 14.2. The highest BCUT2D eigenvalue weighted by Crippen LogP contribution is 2.23. The average Bonchev–Trinajstić information content (AvgIpc) is 2.49. The lowest BCUT2D eigenvalue weighted by Gasteiger charge is -2.20. The first-order valence-corrected chi connectivity index (χ1v) is 7.90. The minimum absolute atomic E-state index is 0.0584. The van der Waals surface area contributed by atoms with E-state index < -0.39 is 0 Å².